The molecule has 0 saturated heterocycles. The van der Waals surface area contributed by atoms with Gasteiger partial charge >= 0.3 is 0 Å². The molecule has 25 heavy (non-hydrogen) atoms. The molecule has 0 atom stereocenters. The number of nitrogens with one attached hydrogen (secondary N) is 2. The molecule has 0 spiro atoms. The molecule has 0 aromatic rings. The van der Waals surface area contributed by atoms with Gasteiger partial charge in [-0.1, -0.05) is 19.3 Å². The predicted molar refractivity (Wildman–Crippen MR) is 115 cm³/mol. The zero-order valence-electron chi connectivity index (χ0n) is 16.4. The highest BCUT2D eigenvalue weighted by molar-refractivity contribution is 14.0. The minimum absolute atomic E-state index is 0. The Morgan fingerprint density at radius 1 is 0.840 bits per heavy atom. The van der Waals surface area contributed by atoms with E-state index in [2.05, 4.69) is 15.6 Å². The number of rotatable bonds is 10. The number of guanidine groups is 1. The molecular weight excluding hydrogens is 429 g/mol. The average Bonchev–Trinajstić information content (AvgIpc) is 3.03. The summed E-state index contributed by atoms with van der Waals surface area (Å²) in [5.74, 6) is 0.947. The van der Waals surface area contributed by atoms with Crippen LogP contribution in [0.1, 0.15) is 57.8 Å². The first kappa shape index (κ1) is 23.0. The number of aliphatic imine (C=N–C) groups is 1. The van der Waals surface area contributed by atoms with E-state index in [4.69, 9.17) is 9.47 Å². The Hall–Kier alpha value is -0.0800. The van der Waals surface area contributed by atoms with Crippen molar-refractivity contribution in [2.75, 3.05) is 47.6 Å². The van der Waals surface area contributed by atoms with Crippen LogP contribution in [0.2, 0.25) is 0 Å². The van der Waals surface area contributed by atoms with Crippen molar-refractivity contribution in [3.05, 3.63) is 0 Å². The summed E-state index contributed by atoms with van der Waals surface area (Å²) < 4.78 is 10.6. The summed E-state index contributed by atoms with van der Waals surface area (Å²) in [4.78, 5) is 4.43. The fraction of sp³-hybridized carbons (Fsp3) is 0.947. The van der Waals surface area contributed by atoms with Crippen molar-refractivity contribution in [3.8, 4) is 0 Å². The minimum atomic E-state index is 0. The van der Waals surface area contributed by atoms with Crippen LogP contribution in [0.15, 0.2) is 4.99 Å². The topological polar surface area (TPSA) is 54.9 Å². The Morgan fingerprint density at radius 3 is 1.60 bits per heavy atom. The Morgan fingerprint density at radius 2 is 1.28 bits per heavy atom. The van der Waals surface area contributed by atoms with Gasteiger partial charge in [-0.25, -0.2) is 0 Å². The SMILES string of the molecule is CN=C(NCC1(CCOC)CCCC1)NCC1(CCOC)CCC1.I. The Balaban J connectivity index is 0.00000312. The first-order valence-corrected chi connectivity index (χ1v) is 9.60. The normalized spacial score (nSPS) is 21.3. The molecule has 2 aliphatic rings. The second-order valence-electron chi connectivity index (χ2n) is 7.83. The van der Waals surface area contributed by atoms with Crippen molar-refractivity contribution in [2.45, 2.75) is 57.8 Å². The monoisotopic (exact) mass is 467 g/mol. The molecule has 0 aromatic carbocycles. The van der Waals surface area contributed by atoms with Crippen LogP contribution < -0.4 is 10.6 Å². The van der Waals surface area contributed by atoms with Crippen LogP contribution in [-0.2, 0) is 9.47 Å². The van der Waals surface area contributed by atoms with Gasteiger partial charge in [0.2, 0.25) is 0 Å². The second-order valence-corrected chi connectivity index (χ2v) is 7.83. The van der Waals surface area contributed by atoms with Crippen LogP contribution >= 0.6 is 24.0 Å². The van der Waals surface area contributed by atoms with Crippen molar-refractivity contribution in [3.63, 3.8) is 0 Å². The molecule has 0 aliphatic heterocycles. The lowest BCUT2D eigenvalue weighted by Crippen LogP contribution is -2.49. The van der Waals surface area contributed by atoms with Crippen LogP contribution in [-0.4, -0.2) is 53.5 Å². The van der Waals surface area contributed by atoms with Gasteiger partial charge in [-0.2, -0.15) is 0 Å². The average molecular weight is 467 g/mol. The van der Waals surface area contributed by atoms with Gasteiger partial charge in [0.1, 0.15) is 0 Å². The smallest absolute Gasteiger partial charge is 0.191 e. The third-order valence-corrected chi connectivity index (χ3v) is 6.24. The molecule has 0 amide bonds. The number of hydrogen-bond donors (Lipinski definition) is 2. The van der Waals surface area contributed by atoms with E-state index in [0.29, 0.717) is 10.8 Å². The van der Waals surface area contributed by atoms with Crippen LogP contribution in [0.25, 0.3) is 0 Å². The number of hydrogen-bond acceptors (Lipinski definition) is 3. The van der Waals surface area contributed by atoms with Gasteiger partial charge in [0.25, 0.3) is 0 Å². The molecule has 0 bridgehead atoms. The fourth-order valence-corrected chi connectivity index (χ4v) is 4.23. The molecule has 0 unspecified atom stereocenters. The van der Waals surface area contributed by atoms with Gasteiger partial charge in [0.15, 0.2) is 5.96 Å². The molecule has 0 aromatic heterocycles. The third kappa shape index (κ3) is 6.86. The molecule has 148 valence electrons. The fourth-order valence-electron chi connectivity index (χ4n) is 4.23. The van der Waals surface area contributed by atoms with Crippen LogP contribution in [0, 0.1) is 10.8 Å². The van der Waals surface area contributed by atoms with E-state index in [1.54, 1.807) is 14.2 Å². The minimum Gasteiger partial charge on any atom is -0.385 e. The van der Waals surface area contributed by atoms with E-state index >= 15 is 0 Å². The highest BCUT2D eigenvalue weighted by Crippen LogP contribution is 2.43. The van der Waals surface area contributed by atoms with E-state index in [0.717, 1.165) is 45.1 Å². The first-order chi connectivity index (χ1) is 11.7. The van der Waals surface area contributed by atoms with E-state index in [1.165, 1.54) is 44.9 Å². The summed E-state index contributed by atoms with van der Waals surface area (Å²) in [6.45, 7) is 3.71. The lowest BCUT2D eigenvalue weighted by Gasteiger charge is -2.42. The van der Waals surface area contributed by atoms with Gasteiger partial charge in [-0.3, -0.25) is 4.99 Å². The van der Waals surface area contributed by atoms with E-state index in [-0.39, 0.29) is 24.0 Å². The summed E-state index contributed by atoms with van der Waals surface area (Å²) >= 11 is 0. The van der Waals surface area contributed by atoms with Crippen molar-refractivity contribution in [1.82, 2.24) is 10.6 Å². The molecule has 0 radical (unpaired) electrons. The van der Waals surface area contributed by atoms with Crippen molar-refractivity contribution in [2.24, 2.45) is 15.8 Å². The van der Waals surface area contributed by atoms with Gasteiger partial charge in [0, 0.05) is 47.6 Å². The summed E-state index contributed by atoms with van der Waals surface area (Å²) in [6, 6.07) is 0. The Labute approximate surface area is 171 Å². The highest BCUT2D eigenvalue weighted by atomic mass is 127. The van der Waals surface area contributed by atoms with Gasteiger partial charge in [-0.15, -0.1) is 24.0 Å². The quantitative estimate of drug-likeness (QED) is 0.293. The zero-order chi connectivity index (χ0) is 17.3. The van der Waals surface area contributed by atoms with Gasteiger partial charge in [0.05, 0.1) is 0 Å². The molecule has 2 N–H and O–H groups in total. The largest absolute Gasteiger partial charge is 0.385 e. The molecule has 2 aliphatic carbocycles. The summed E-state index contributed by atoms with van der Waals surface area (Å²) in [6.07, 6.45) is 11.5. The number of nitrogens with zero attached hydrogens (tertiary/aromatic N) is 1. The first-order valence-electron chi connectivity index (χ1n) is 9.60. The van der Waals surface area contributed by atoms with Crippen molar-refractivity contribution in [1.29, 1.82) is 0 Å². The summed E-state index contributed by atoms with van der Waals surface area (Å²) in [5.41, 5.74) is 0.798. The maximum absolute atomic E-state index is 5.33. The summed E-state index contributed by atoms with van der Waals surface area (Å²) in [7, 11) is 5.46. The maximum atomic E-state index is 5.33. The molecule has 6 heteroatoms. The molecule has 2 fully saturated rings. The second kappa shape index (κ2) is 11.6. The van der Waals surface area contributed by atoms with Gasteiger partial charge in [-0.05, 0) is 49.4 Å². The lowest BCUT2D eigenvalue weighted by molar-refractivity contribution is 0.0731. The molecule has 2 saturated carbocycles. The zero-order valence-corrected chi connectivity index (χ0v) is 18.7. The van der Waals surface area contributed by atoms with Crippen LogP contribution in [0.4, 0.5) is 0 Å². The molecule has 2 rings (SSSR count). The Kier molecular flexibility index (Phi) is 10.6. The van der Waals surface area contributed by atoms with E-state index < -0.39 is 0 Å². The predicted octanol–water partition coefficient (Wildman–Crippen LogP) is 3.57. The number of ether oxygens (including phenoxy) is 2. The molecule has 5 nitrogen and oxygen atoms in total. The molecule has 0 heterocycles. The highest BCUT2D eigenvalue weighted by Gasteiger charge is 2.37. The third-order valence-electron chi connectivity index (χ3n) is 6.24. The lowest BCUT2D eigenvalue weighted by atomic mass is 9.67. The van der Waals surface area contributed by atoms with Crippen molar-refractivity contribution < 1.29 is 9.47 Å². The summed E-state index contributed by atoms with van der Waals surface area (Å²) in [5, 5.41) is 7.16. The number of methoxy groups -OCH3 is 2. The number of halogens is 1. The van der Waals surface area contributed by atoms with Gasteiger partial charge < -0.3 is 20.1 Å². The van der Waals surface area contributed by atoms with E-state index in [1.807, 2.05) is 7.05 Å². The van der Waals surface area contributed by atoms with E-state index in [9.17, 15) is 0 Å². The standard InChI is InChI=1S/C19H37N3O2.HI/c1-20-17(22-16-19(9-6-10-19)12-14-24-3)21-15-18(11-13-23-2)7-4-5-8-18;/h4-16H2,1-3H3,(H2,20,21,22);1H. The van der Waals surface area contributed by atoms with Crippen LogP contribution in [0.5, 0.6) is 0 Å². The maximum Gasteiger partial charge on any atom is 0.191 e. The van der Waals surface area contributed by atoms with Crippen LogP contribution in [0.3, 0.4) is 0 Å². The molecular formula is C19H38IN3O2. The Bertz CT molecular complexity index is 394. The van der Waals surface area contributed by atoms with Crippen molar-refractivity contribution >= 4 is 29.9 Å².